The Hall–Kier alpha value is -2.89. The third kappa shape index (κ3) is 4.10. The summed E-state index contributed by atoms with van der Waals surface area (Å²) in [5.41, 5.74) is 8.89. The molecule has 0 aliphatic carbocycles. The fraction of sp³-hybridized carbons (Fsp3) is 0.381. The van der Waals surface area contributed by atoms with E-state index in [1.54, 1.807) is 11.1 Å². The van der Waals surface area contributed by atoms with Crippen LogP contribution >= 0.6 is 0 Å². The maximum atomic E-state index is 12.0. The maximum Gasteiger partial charge on any atom is 0.329 e. The number of rotatable bonds is 3. The molecule has 0 atom stereocenters. The molecule has 0 radical (unpaired) electrons. The lowest BCUT2D eigenvalue weighted by molar-refractivity contribution is -0.145. The summed E-state index contributed by atoms with van der Waals surface area (Å²) in [4.78, 5) is 25.5. The minimum atomic E-state index is -0.684. The van der Waals surface area contributed by atoms with Crippen LogP contribution in [0.3, 0.4) is 0 Å². The van der Waals surface area contributed by atoms with E-state index in [0.29, 0.717) is 13.1 Å². The molecule has 6 heteroatoms. The van der Waals surface area contributed by atoms with Crippen molar-refractivity contribution in [3.63, 3.8) is 0 Å². The summed E-state index contributed by atoms with van der Waals surface area (Å²) in [7, 11) is 0. The molecule has 27 heavy (non-hydrogen) atoms. The molecule has 142 valence electrons. The normalized spacial score (nSPS) is 14.1. The third-order valence-electron chi connectivity index (χ3n) is 4.89. The van der Waals surface area contributed by atoms with Gasteiger partial charge in [-0.25, -0.2) is 5.43 Å². The average Bonchev–Trinajstić information content (AvgIpc) is 3.22. The SMILES string of the molecule is Cc1cc(C)cc(-n2c(C)cc(/C=N\NC(=O)C(=O)N3CCCC3)c2C)c1. The number of carbonyl (C=O) groups excluding carboxylic acids is 2. The van der Waals surface area contributed by atoms with Crippen molar-refractivity contribution in [2.24, 2.45) is 5.10 Å². The molecular weight excluding hydrogens is 340 g/mol. The van der Waals surface area contributed by atoms with Crippen molar-refractivity contribution in [2.45, 2.75) is 40.5 Å². The number of nitrogens with zero attached hydrogens (tertiary/aromatic N) is 3. The number of benzene rings is 1. The van der Waals surface area contributed by atoms with Crippen molar-refractivity contribution in [1.82, 2.24) is 14.9 Å². The molecule has 0 unspecified atom stereocenters. The number of likely N-dealkylation sites (tertiary alicyclic amines) is 1. The monoisotopic (exact) mass is 366 g/mol. The highest BCUT2D eigenvalue weighted by Crippen LogP contribution is 2.21. The van der Waals surface area contributed by atoms with Crippen LogP contribution in [0.15, 0.2) is 29.4 Å². The lowest BCUT2D eigenvalue weighted by Gasteiger charge is -2.13. The van der Waals surface area contributed by atoms with Crippen LogP contribution in [0, 0.1) is 27.7 Å². The molecule has 2 amide bonds. The first kappa shape index (κ1) is 18.9. The van der Waals surface area contributed by atoms with Crippen LogP contribution in [-0.2, 0) is 9.59 Å². The molecule has 0 saturated carbocycles. The van der Waals surface area contributed by atoms with E-state index < -0.39 is 11.8 Å². The smallest absolute Gasteiger partial charge is 0.329 e. The summed E-state index contributed by atoms with van der Waals surface area (Å²) in [6, 6.07) is 8.45. The predicted octanol–water partition coefficient (Wildman–Crippen LogP) is 2.78. The molecule has 1 aromatic carbocycles. The van der Waals surface area contributed by atoms with Gasteiger partial charge in [0.15, 0.2) is 0 Å². The topological polar surface area (TPSA) is 66.7 Å². The fourth-order valence-electron chi connectivity index (χ4n) is 3.67. The van der Waals surface area contributed by atoms with Gasteiger partial charge in [0.2, 0.25) is 0 Å². The van der Waals surface area contributed by atoms with E-state index in [-0.39, 0.29) is 0 Å². The summed E-state index contributed by atoms with van der Waals surface area (Å²) >= 11 is 0. The number of carbonyl (C=O) groups is 2. The highest BCUT2D eigenvalue weighted by molar-refractivity contribution is 6.35. The molecule has 0 spiro atoms. The van der Waals surface area contributed by atoms with Gasteiger partial charge in [-0.05, 0) is 69.9 Å². The molecule has 1 aliphatic heterocycles. The van der Waals surface area contributed by atoms with Crippen LogP contribution in [0.2, 0.25) is 0 Å². The second-order valence-electron chi connectivity index (χ2n) is 7.21. The van der Waals surface area contributed by atoms with E-state index in [2.05, 4.69) is 47.1 Å². The van der Waals surface area contributed by atoms with Crippen molar-refractivity contribution >= 4 is 18.0 Å². The zero-order chi connectivity index (χ0) is 19.6. The van der Waals surface area contributed by atoms with Gasteiger partial charge in [0.05, 0.1) is 6.21 Å². The number of amides is 2. The number of hydrazone groups is 1. The van der Waals surface area contributed by atoms with Gasteiger partial charge in [0, 0.05) is 35.7 Å². The highest BCUT2D eigenvalue weighted by Gasteiger charge is 2.24. The predicted molar refractivity (Wildman–Crippen MR) is 106 cm³/mol. The molecule has 2 aromatic rings. The summed E-state index contributed by atoms with van der Waals surface area (Å²) in [6.45, 7) is 9.51. The van der Waals surface area contributed by atoms with Gasteiger partial charge in [0.25, 0.3) is 0 Å². The lowest BCUT2D eigenvalue weighted by Crippen LogP contribution is -2.39. The van der Waals surface area contributed by atoms with Crippen molar-refractivity contribution in [1.29, 1.82) is 0 Å². The van der Waals surface area contributed by atoms with E-state index in [9.17, 15) is 9.59 Å². The highest BCUT2D eigenvalue weighted by atomic mass is 16.2. The van der Waals surface area contributed by atoms with Gasteiger partial charge in [-0.2, -0.15) is 5.10 Å². The molecule has 1 aliphatic rings. The van der Waals surface area contributed by atoms with Crippen molar-refractivity contribution in [2.75, 3.05) is 13.1 Å². The standard InChI is InChI=1S/C21H26N4O2/c1-14-9-15(2)11-19(10-14)25-16(3)12-18(17(25)4)13-22-23-20(26)21(27)24-7-5-6-8-24/h9-13H,5-8H2,1-4H3,(H,23,26)/b22-13-. The van der Waals surface area contributed by atoms with Gasteiger partial charge in [-0.3, -0.25) is 9.59 Å². The minimum Gasteiger partial charge on any atom is -0.334 e. The van der Waals surface area contributed by atoms with Crippen LogP contribution in [0.4, 0.5) is 0 Å². The number of aryl methyl sites for hydroxylation is 3. The Morgan fingerprint density at radius 2 is 1.63 bits per heavy atom. The largest absolute Gasteiger partial charge is 0.334 e. The molecular formula is C21H26N4O2. The van der Waals surface area contributed by atoms with Crippen LogP contribution in [0.1, 0.15) is 40.9 Å². The van der Waals surface area contributed by atoms with Gasteiger partial charge in [-0.15, -0.1) is 0 Å². The van der Waals surface area contributed by atoms with Crippen LogP contribution in [-0.4, -0.2) is 40.6 Å². The second kappa shape index (κ2) is 7.78. The lowest BCUT2D eigenvalue weighted by atomic mass is 10.1. The van der Waals surface area contributed by atoms with E-state index >= 15 is 0 Å². The third-order valence-corrected chi connectivity index (χ3v) is 4.89. The first-order valence-electron chi connectivity index (χ1n) is 9.27. The first-order valence-corrected chi connectivity index (χ1v) is 9.27. The van der Waals surface area contributed by atoms with Crippen molar-refractivity contribution < 1.29 is 9.59 Å². The fourth-order valence-corrected chi connectivity index (χ4v) is 3.67. The Morgan fingerprint density at radius 1 is 1.00 bits per heavy atom. The van der Waals surface area contributed by atoms with Crippen LogP contribution in [0.25, 0.3) is 5.69 Å². The number of hydrogen-bond donors (Lipinski definition) is 1. The Balaban J connectivity index is 1.75. The van der Waals surface area contributed by atoms with Crippen LogP contribution < -0.4 is 5.43 Å². The molecule has 1 aromatic heterocycles. The van der Waals surface area contributed by atoms with E-state index in [4.69, 9.17) is 0 Å². The average molecular weight is 366 g/mol. The Morgan fingerprint density at radius 3 is 2.26 bits per heavy atom. The Labute approximate surface area is 159 Å². The summed E-state index contributed by atoms with van der Waals surface area (Å²) in [5.74, 6) is -1.19. The summed E-state index contributed by atoms with van der Waals surface area (Å²) in [6.07, 6.45) is 3.50. The first-order chi connectivity index (χ1) is 12.9. The number of nitrogens with one attached hydrogen (secondary N) is 1. The van der Waals surface area contributed by atoms with Crippen molar-refractivity contribution in [3.8, 4) is 5.69 Å². The van der Waals surface area contributed by atoms with Crippen molar-refractivity contribution in [3.05, 3.63) is 52.3 Å². The Bertz CT molecular complexity index is 885. The Kier molecular flexibility index (Phi) is 5.44. The van der Waals surface area contributed by atoms with Gasteiger partial charge >= 0.3 is 11.8 Å². The van der Waals surface area contributed by atoms with Gasteiger partial charge in [0.1, 0.15) is 0 Å². The number of aromatic nitrogens is 1. The van der Waals surface area contributed by atoms with Crippen LogP contribution in [0.5, 0.6) is 0 Å². The second-order valence-corrected chi connectivity index (χ2v) is 7.21. The molecule has 3 rings (SSSR count). The van der Waals surface area contributed by atoms with Gasteiger partial charge < -0.3 is 9.47 Å². The summed E-state index contributed by atoms with van der Waals surface area (Å²) in [5, 5.41) is 3.99. The summed E-state index contributed by atoms with van der Waals surface area (Å²) < 4.78 is 2.17. The van der Waals surface area contributed by atoms with E-state index in [1.165, 1.54) is 11.1 Å². The molecule has 2 heterocycles. The zero-order valence-electron chi connectivity index (χ0n) is 16.4. The molecule has 6 nitrogen and oxygen atoms in total. The molecule has 1 N–H and O–H groups in total. The maximum absolute atomic E-state index is 12.0. The molecule has 0 bridgehead atoms. The molecule has 1 fully saturated rings. The van der Waals surface area contributed by atoms with E-state index in [0.717, 1.165) is 35.5 Å². The number of hydrogen-bond acceptors (Lipinski definition) is 3. The molecule has 1 saturated heterocycles. The van der Waals surface area contributed by atoms with Gasteiger partial charge in [-0.1, -0.05) is 6.07 Å². The van der Waals surface area contributed by atoms with E-state index in [1.807, 2.05) is 19.9 Å². The minimum absolute atomic E-state index is 0.509. The zero-order valence-corrected chi connectivity index (χ0v) is 16.4. The quantitative estimate of drug-likeness (QED) is 0.516.